The van der Waals surface area contributed by atoms with Crippen molar-refractivity contribution < 1.29 is 45.4 Å². The van der Waals surface area contributed by atoms with Crippen LogP contribution in [0.4, 0.5) is 29.3 Å². The van der Waals surface area contributed by atoms with Crippen LogP contribution < -0.4 is 20.3 Å². The maximum absolute atomic E-state index is 14.0. The van der Waals surface area contributed by atoms with Crippen LogP contribution in [-0.4, -0.2) is 64.9 Å². The third-order valence-corrected chi connectivity index (χ3v) is 9.33. The van der Waals surface area contributed by atoms with Crippen LogP contribution in [0.15, 0.2) is 118 Å². The molecule has 16 heteroatoms. The fourth-order valence-electron chi connectivity index (χ4n) is 5.14. The Labute approximate surface area is 301 Å². The third kappa shape index (κ3) is 9.16. The number of ether oxygens (including phenoxy) is 2. The number of alkyl halides is 3. The standard InChI is InChI=1S/C36H30ClF3N4O7S/c1-50-25-13-15-26(16-14-25)52(48,49)19-7-18-41-32(45)21-44-31-11-6-5-10-27(31)33(23-8-3-2-4-9-23)42-30(34(44)46)22-51-35(47)43-29-17-12-24(37)20-28(29)36(38,39)40/h2-17,19-20,30H,18,21-22H2,1H3,(H,41,45)(H,43,47)/b19-7+. The summed E-state index contributed by atoms with van der Waals surface area (Å²) in [6, 6.07) is 22.6. The molecule has 1 aliphatic heterocycles. The van der Waals surface area contributed by atoms with Crippen LogP contribution in [0, 0.1) is 0 Å². The second kappa shape index (κ2) is 16.1. The Morgan fingerprint density at radius 1 is 0.981 bits per heavy atom. The number of halogens is 4. The fourth-order valence-corrected chi connectivity index (χ4v) is 6.33. The number of nitrogens with one attached hydrogen (secondary N) is 2. The molecule has 4 aromatic rings. The molecule has 3 amide bonds. The van der Waals surface area contributed by atoms with Crippen molar-refractivity contribution in [1.29, 1.82) is 0 Å². The first-order chi connectivity index (χ1) is 24.8. The van der Waals surface area contributed by atoms with Gasteiger partial charge in [0.2, 0.25) is 5.91 Å². The Morgan fingerprint density at radius 3 is 2.37 bits per heavy atom. The number of rotatable bonds is 11. The highest BCUT2D eigenvalue weighted by molar-refractivity contribution is 7.94. The van der Waals surface area contributed by atoms with Crippen molar-refractivity contribution in [3.8, 4) is 5.75 Å². The molecule has 0 spiro atoms. The molecule has 270 valence electrons. The fraction of sp³-hybridized carbons (Fsp3) is 0.167. The van der Waals surface area contributed by atoms with Crippen molar-refractivity contribution >= 4 is 56.4 Å². The molecule has 0 saturated heterocycles. The van der Waals surface area contributed by atoms with Crippen molar-refractivity contribution in [3.63, 3.8) is 0 Å². The predicted octanol–water partition coefficient (Wildman–Crippen LogP) is 6.27. The largest absolute Gasteiger partial charge is 0.497 e. The lowest BCUT2D eigenvalue weighted by Crippen LogP contribution is -2.46. The van der Waals surface area contributed by atoms with E-state index < -0.39 is 64.4 Å². The van der Waals surface area contributed by atoms with E-state index in [1.54, 1.807) is 54.6 Å². The molecule has 0 radical (unpaired) electrons. The summed E-state index contributed by atoms with van der Waals surface area (Å²) in [7, 11) is -2.37. The molecule has 1 heterocycles. The van der Waals surface area contributed by atoms with E-state index in [1.165, 1.54) is 37.5 Å². The zero-order valence-electron chi connectivity index (χ0n) is 27.3. The molecule has 0 bridgehead atoms. The van der Waals surface area contributed by atoms with Gasteiger partial charge in [-0.1, -0.05) is 66.2 Å². The van der Waals surface area contributed by atoms with Crippen molar-refractivity contribution in [2.75, 3.05) is 37.0 Å². The minimum Gasteiger partial charge on any atom is -0.497 e. The molecule has 5 rings (SSSR count). The monoisotopic (exact) mass is 754 g/mol. The summed E-state index contributed by atoms with van der Waals surface area (Å²) < 4.78 is 76.4. The zero-order chi connectivity index (χ0) is 37.5. The van der Waals surface area contributed by atoms with E-state index in [0.29, 0.717) is 34.3 Å². The Hall–Kier alpha value is -5.67. The lowest BCUT2D eigenvalue weighted by atomic mass is 10.0. The highest BCUT2D eigenvalue weighted by Crippen LogP contribution is 2.36. The van der Waals surface area contributed by atoms with Crippen molar-refractivity contribution in [2.24, 2.45) is 4.99 Å². The quantitative estimate of drug-likeness (QED) is 0.184. The lowest BCUT2D eigenvalue weighted by Gasteiger charge is -2.24. The number of sulfone groups is 1. The van der Waals surface area contributed by atoms with Gasteiger partial charge in [-0.25, -0.2) is 13.2 Å². The van der Waals surface area contributed by atoms with E-state index in [1.807, 2.05) is 5.32 Å². The average Bonchev–Trinajstić information content (AvgIpc) is 3.24. The van der Waals surface area contributed by atoms with Crippen molar-refractivity contribution in [2.45, 2.75) is 17.1 Å². The first-order valence-electron chi connectivity index (χ1n) is 15.4. The van der Waals surface area contributed by atoms with E-state index in [2.05, 4.69) is 10.3 Å². The normalized spacial score (nSPS) is 14.6. The number of nitrogens with zero attached hydrogens (tertiary/aromatic N) is 2. The zero-order valence-corrected chi connectivity index (χ0v) is 28.8. The van der Waals surface area contributed by atoms with E-state index in [9.17, 15) is 36.0 Å². The minimum absolute atomic E-state index is 0.0211. The van der Waals surface area contributed by atoms with Gasteiger partial charge in [-0.3, -0.25) is 19.9 Å². The topological polar surface area (TPSA) is 143 Å². The van der Waals surface area contributed by atoms with Gasteiger partial charge in [-0.2, -0.15) is 13.2 Å². The van der Waals surface area contributed by atoms with Crippen LogP contribution in [-0.2, 0) is 30.3 Å². The molecule has 11 nitrogen and oxygen atoms in total. The Bertz CT molecular complexity index is 2130. The molecule has 0 aliphatic carbocycles. The van der Waals surface area contributed by atoms with Gasteiger partial charge in [0.25, 0.3) is 5.91 Å². The van der Waals surface area contributed by atoms with E-state index in [0.717, 1.165) is 22.4 Å². The highest BCUT2D eigenvalue weighted by atomic mass is 35.5. The van der Waals surface area contributed by atoms with Crippen LogP contribution in [0.2, 0.25) is 5.02 Å². The van der Waals surface area contributed by atoms with Crippen LogP contribution in [0.3, 0.4) is 0 Å². The van der Waals surface area contributed by atoms with Gasteiger partial charge >= 0.3 is 12.3 Å². The maximum atomic E-state index is 14.0. The molecule has 0 fully saturated rings. The Kier molecular flexibility index (Phi) is 11.7. The first-order valence-corrected chi connectivity index (χ1v) is 17.4. The summed E-state index contributed by atoms with van der Waals surface area (Å²) in [5, 5.41) is 5.35. The second-order valence-electron chi connectivity index (χ2n) is 11.1. The average molecular weight is 755 g/mol. The Balaban J connectivity index is 1.35. The number of carbonyl (C=O) groups excluding carboxylic acids is 3. The smallest absolute Gasteiger partial charge is 0.418 e. The van der Waals surface area contributed by atoms with E-state index >= 15 is 0 Å². The van der Waals surface area contributed by atoms with E-state index in [4.69, 9.17) is 21.1 Å². The molecule has 1 unspecified atom stereocenters. The van der Waals surface area contributed by atoms with Crippen LogP contribution >= 0.6 is 11.6 Å². The number of benzene rings is 4. The van der Waals surface area contributed by atoms with Crippen molar-refractivity contribution in [1.82, 2.24) is 5.32 Å². The number of para-hydroxylation sites is 1. The third-order valence-electron chi connectivity index (χ3n) is 7.61. The van der Waals surface area contributed by atoms with Crippen LogP contribution in [0.1, 0.15) is 16.7 Å². The van der Waals surface area contributed by atoms with Crippen LogP contribution in [0.25, 0.3) is 0 Å². The molecular weight excluding hydrogens is 725 g/mol. The van der Waals surface area contributed by atoms with Gasteiger partial charge in [0, 0.05) is 28.1 Å². The number of fused-ring (bicyclic) bond motifs is 1. The van der Waals surface area contributed by atoms with Crippen molar-refractivity contribution in [3.05, 3.63) is 130 Å². The number of aliphatic imine (C=N–C) groups is 1. The molecule has 2 N–H and O–H groups in total. The summed E-state index contributed by atoms with van der Waals surface area (Å²) in [4.78, 5) is 45.8. The number of anilines is 2. The molecule has 52 heavy (non-hydrogen) atoms. The molecular formula is C36H30ClF3N4O7S. The molecule has 4 aromatic carbocycles. The van der Waals surface area contributed by atoms with Gasteiger partial charge in [0.05, 0.1) is 34.7 Å². The number of hydrogen-bond donors (Lipinski definition) is 2. The number of carbonyl (C=O) groups is 3. The maximum Gasteiger partial charge on any atom is 0.418 e. The summed E-state index contributed by atoms with van der Waals surface area (Å²) in [6.45, 7) is -1.43. The van der Waals surface area contributed by atoms with Gasteiger partial charge < -0.3 is 19.7 Å². The minimum atomic E-state index is -4.84. The summed E-state index contributed by atoms with van der Waals surface area (Å²) >= 11 is 5.73. The number of hydrogen-bond acceptors (Lipinski definition) is 8. The molecule has 0 aromatic heterocycles. The molecule has 0 saturated carbocycles. The number of amides is 3. The van der Waals surface area contributed by atoms with Gasteiger partial charge in [-0.05, 0) is 48.5 Å². The van der Waals surface area contributed by atoms with Gasteiger partial charge in [0.15, 0.2) is 15.9 Å². The van der Waals surface area contributed by atoms with E-state index in [-0.39, 0.29) is 16.5 Å². The summed E-state index contributed by atoms with van der Waals surface area (Å²) in [6.07, 6.45) is -4.89. The number of methoxy groups -OCH3 is 1. The number of benzodiazepines with no additional fused rings is 1. The lowest BCUT2D eigenvalue weighted by molar-refractivity contribution is -0.137. The van der Waals surface area contributed by atoms with Gasteiger partial charge in [0.1, 0.15) is 18.9 Å². The predicted molar refractivity (Wildman–Crippen MR) is 188 cm³/mol. The summed E-state index contributed by atoms with van der Waals surface area (Å²) in [5.74, 6) is -0.922. The summed E-state index contributed by atoms with van der Waals surface area (Å²) in [5.41, 5.74) is -0.0891. The SMILES string of the molecule is COc1ccc(S(=O)(=O)/C=C/CNC(=O)CN2C(=O)C(COC(=O)Nc3ccc(Cl)cc3C(F)(F)F)N=C(c3ccccc3)c3ccccc32)cc1. The van der Waals surface area contributed by atoms with Gasteiger partial charge in [-0.15, -0.1) is 0 Å². The first kappa shape index (κ1) is 37.6. The highest BCUT2D eigenvalue weighted by Gasteiger charge is 2.36. The Morgan fingerprint density at radius 2 is 1.67 bits per heavy atom. The molecule has 1 aliphatic rings. The second-order valence-corrected chi connectivity index (χ2v) is 13.4. The van der Waals surface area contributed by atoms with Crippen LogP contribution in [0.5, 0.6) is 5.75 Å². The molecule has 1 atom stereocenters.